The summed E-state index contributed by atoms with van der Waals surface area (Å²) in [5, 5.41) is 18.5. The number of alkyl halides is 2. The van der Waals surface area contributed by atoms with Crippen LogP contribution >= 0.6 is 23.2 Å². The number of fused-ring (bicyclic) bond motifs is 3. The van der Waals surface area contributed by atoms with Crippen molar-refractivity contribution in [3.8, 4) is 0 Å². The molecule has 0 aromatic heterocycles. The molecular weight excluding hydrogens is 613 g/mol. The summed E-state index contributed by atoms with van der Waals surface area (Å²) < 4.78 is 65.1. The second-order valence-electron chi connectivity index (χ2n) is 12.4. The highest BCUT2D eigenvalue weighted by atomic mass is 35.5. The van der Waals surface area contributed by atoms with E-state index >= 15 is 4.39 Å². The quantitative estimate of drug-likeness (QED) is 0.270. The van der Waals surface area contributed by atoms with Crippen LogP contribution in [0.5, 0.6) is 0 Å². The number of aliphatic hydroxyl groups is 1. The second-order valence-corrected chi connectivity index (χ2v) is 13.3. The van der Waals surface area contributed by atoms with E-state index in [1.54, 1.807) is 13.0 Å². The lowest BCUT2D eigenvalue weighted by Gasteiger charge is -2.59. The van der Waals surface area contributed by atoms with Crippen molar-refractivity contribution in [2.24, 2.45) is 5.41 Å². The fourth-order valence-electron chi connectivity index (χ4n) is 7.96. The van der Waals surface area contributed by atoms with Gasteiger partial charge >= 0.3 is 0 Å². The molecule has 0 unspecified atom stereocenters. The molecule has 7 nitrogen and oxygen atoms in total. The molecule has 6 atom stereocenters. The number of hydrogen-bond acceptors (Lipinski definition) is 5. The SMILES string of the molecule is C[C@@H](O)[C@@H]1CC[C@@H](NC(=O)[C@@H]2NC3(CC(CF)(CF)C3)[C@@]3(C(=O)Nc4cc(Cl)ccc43)[C@H]2c2cc(F)cc(Cl)c2F)CO1. The van der Waals surface area contributed by atoms with E-state index in [9.17, 15) is 27.9 Å². The molecule has 3 heterocycles. The first-order chi connectivity index (χ1) is 20.4. The van der Waals surface area contributed by atoms with E-state index in [2.05, 4.69) is 16.0 Å². The fourth-order valence-corrected chi connectivity index (χ4v) is 8.34. The Labute approximate surface area is 255 Å². The lowest BCUT2D eigenvalue weighted by Crippen LogP contribution is -2.70. The normalized spacial score (nSPS) is 31.0. The Morgan fingerprint density at radius 1 is 1.16 bits per heavy atom. The molecule has 2 spiro atoms. The molecule has 4 N–H and O–H groups in total. The molecule has 0 radical (unpaired) electrons. The third kappa shape index (κ3) is 4.57. The summed E-state index contributed by atoms with van der Waals surface area (Å²) in [5.74, 6) is -4.54. The largest absolute Gasteiger partial charge is 0.391 e. The predicted molar refractivity (Wildman–Crippen MR) is 152 cm³/mol. The summed E-state index contributed by atoms with van der Waals surface area (Å²) in [6.07, 6.45) is -0.512. The maximum Gasteiger partial charge on any atom is 0.238 e. The Morgan fingerprint density at radius 3 is 2.51 bits per heavy atom. The number of aliphatic hydroxyl groups excluding tert-OH is 1. The van der Waals surface area contributed by atoms with Gasteiger partial charge in [0.2, 0.25) is 11.8 Å². The van der Waals surface area contributed by atoms with Gasteiger partial charge < -0.3 is 20.5 Å². The van der Waals surface area contributed by atoms with Crippen LogP contribution in [0.25, 0.3) is 0 Å². The van der Waals surface area contributed by atoms with Crippen LogP contribution in [0.4, 0.5) is 23.2 Å². The van der Waals surface area contributed by atoms with Crippen LogP contribution in [0.3, 0.4) is 0 Å². The molecule has 232 valence electrons. The summed E-state index contributed by atoms with van der Waals surface area (Å²) in [6, 6.07) is 4.49. The highest BCUT2D eigenvalue weighted by molar-refractivity contribution is 6.31. The van der Waals surface area contributed by atoms with E-state index in [0.29, 0.717) is 29.1 Å². The number of rotatable bonds is 6. The van der Waals surface area contributed by atoms with Gasteiger partial charge in [-0.3, -0.25) is 23.7 Å². The monoisotopic (exact) mass is 643 g/mol. The predicted octanol–water partition coefficient (Wildman–Crippen LogP) is 4.72. The van der Waals surface area contributed by atoms with E-state index in [1.807, 2.05) is 0 Å². The Bertz CT molecular complexity index is 1460. The van der Waals surface area contributed by atoms with Gasteiger partial charge in [0, 0.05) is 27.6 Å². The van der Waals surface area contributed by atoms with Crippen molar-refractivity contribution in [2.75, 3.05) is 25.3 Å². The second kappa shape index (κ2) is 10.9. The highest BCUT2D eigenvalue weighted by Gasteiger charge is 2.78. The Balaban J connectivity index is 1.50. The number of carbonyl (C=O) groups excluding carboxylic acids is 2. The van der Waals surface area contributed by atoms with Crippen molar-refractivity contribution in [2.45, 2.75) is 73.8 Å². The molecule has 43 heavy (non-hydrogen) atoms. The van der Waals surface area contributed by atoms with E-state index < -0.39 is 88.4 Å². The maximum atomic E-state index is 15.9. The van der Waals surface area contributed by atoms with E-state index in [-0.39, 0.29) is 25.0 Å². The molecule has 4 aliphatic rings. The van der Waals surface area contributed by atoms with E-state index in [0.717, 1.165) is 12.1 Å². The maximum absolute atomic E-state index is 15.9. The van der Waals surface area contributed by atoms with Gasteiger partial charge in [-0.05, 0) is 68.0 Å². The molecule has 2 aromatic rings. The number of amides is 2. The average molecular weight is 644 g/mol. The van der Waals surface area contributed by atoms with E-state index in [1.165, 1.54) is 12.1 Å². The number of nitrogens with one attached hydrogen (secondary N) is 3. The molecule has 2 saturated heterocycles. The summed E-state index contributed by atoms with van der Waals surface area (Å²) in [6.45, 7) is -0.309. The van der Waals surface area contributed by atoms with Gasteiger partial charge in [-0.2, -0.15) is 0 Å². The van der Waals surface area contributed by atoms with Crippen LogP contribution in [0.2, 0.25) is 10.0 Å². The number of anilines is 1. The van der Waals surface area contributed by atoms with E-state index in [4.69, 9.17) is 27.9 Å². The van der Waals surface area contributed by atoms with Crippen molar-refractivity contribution < 1.29 is 37.0 Å². The molecule has 2 aromatic carbocycles. The molecule has 0 bridgehead atoms. The first kappa shape index (κ1) is 30.6. The molecule has 1 aliphatic carbocycles. The Hall–Kier alpha value is -2.44. The minimum atomic E-state index is -1.79. The van der Waals surface area contributed by atoms with Gasteiger partial charge in [-0.15, -0.1) is 0 Å². The Morgan fingerprint density at radius 2 is 1.88 bits per heavy atom. The van der Waals surface area contributed by atoms with Gasteiger partial charge in [0.25, 0.3) is 0 Å². The smallest absolute Gasteiger partial charge is 0.238 e. The summed E-state index contributed by atoms with van der Waals surface area (Å²) >= 11 is 12.3. The number of halogens is 6. The van der Waals surface area contributed by atoms with Crippen molar-refractivity contribution in [3.63, 3.8) is 0 Å². The molecule has 3 aliphatic heterocycles. The van der Waals surface area contributed by atoms with Gasteiger partial charge in [-0.1, -0.05) is 29.3 Å². The van der Waals surface area contributed by atoms with Crippen LogP contribution in [-0.2, 0) is 19.7 Å². The lowest BCUT2D eigenvalue weighted by atomic mass is 9.46. The minimum absolute atomic E-state index is 0.101. The molecular formula is C30H31Cl2F4N3O4. The standard InChI is InChI=1S/C30H31Cl2F4N3O4/c1-14(40)22-5-3-17(9-43-22)37-26(41)25-23(18-7-16(35)8-20(32)24(18)36)30(29(39-25)10-28(11-29,12-33)13-34)19-4-2-15(31)6-21(19)38-27(30)42/h2,4,6-8,14,17,22-23,25,39-40H,3,5,9-13H2,1H3,(H,37,41)(H,38,42)/t14-,17-,22+,23+,25-,30-/m1/s1. The van der Waals surface area contributed by atoms with Crippen LogP contribution in [0.15, 0.2) is 30.3 Å². The lowest BCUT2D eigenvalue weighted by molar-refractivity contribution is -0.131. The summed E-state index contributed by atoms with van der Waals surface area (Å²) in [4.78, 5) is 28.4. The molecule has 6 rings (SSSR count). The molecule has 13 heteroatoms. The van der Waals surface area contributed by atoms with Crippen LogP contribution < -0.4 is 16.0 Å². The van der Waals surface area contributed by atoms with Crippen molar-refractivity contribution in [1.82, 2.24) is 10.6 Å². The topological polar surface area (TPSA) is 99.7 Å². The number of ether oxygens (including phenoxy) is 1. The third-order valence-corrected chi connectivity index (χ3v) is 10.3. The molecule has 1 saturated carbocycles. The first-order valence-electron chi connectivity index (χ1n) is 14.2. The van der Waals surface area contributed by atoms with Gasteiger partial charge in [0.1, 0.15) is 17.0 Å². The number of benzene rings is 2. The first-order valence-corrected chi connectivity index (χ1v) is 14.9. The molecule has 3 fully saturated rings. The Kier molecular flexibility index (Phi) is 7.73. The summed E-state index contributed by atoms with van der Waals surface area (Å²) in [7, 11) is 0. The van der Waals surface area contributed by atoms with Gasteiger partial charge in [-0.25, -0.2) is 8.78 Å². The number of carbonyl (C=O) groups is 2. The highest BCUT2D eigenvalue weighted by Crippen LogP contribution is 2.68. The molecule has 2 amide bonds. The number of hydrogen-bond donors (Lipinski definition) is 4. The zero-order valence-electron chi connectivity index (χ0n) is 23.2. The fraction of sp³-hybridized carbons (Fsp3) is 0.533. The van der Waals surface area contributed by atoms with Gasteiger partial charge in [0.15, 0.2) is 0 Å². The zero-order valence-corrected chi connectivity index (χ0v) is 24.7. The van der Waals surface area contributed by atoms with Gasteiger partial charge in [0.05, 0.1) is 49.3 Å². The minimum Gasteiger partial charge on any atom is -0.391 e. The van der Waals surface area contributed by atoms with Crippen molar-refractivity contribution in [1.29, 1.82) is 0 Å². The van der Waals surface area contributed by atoms with Crippen LogP contribution in [-0.4, -0.2) is 66.7 Å². The van der Waals surface area contributed by atoms with Crippen LogP contribution in [0, 0.1) is 17.0 Å². The van der Waals surface area contributed by atoms with Crippen molar-refractivity contribution in [3.05, 3.63) is 63.1 Å². The average Bonchev–Trinajstić information content (AvgIpc) is 3.42. The third-order valence-electron chi connectivity index (χ3n) is 9.75. The zero-order chi connectivity index (χ0) is 30.9. The van der Waals surface area contributed by atoms with Crippen molar-refractivity contribution >= 4 is 40.7 Å². The van der Waals surface area contributed by atoms with Crippen LogP contribution in [0.1, 0.15) is 49.7 Å². The summed E-state index contributed by atoms with van der Waals surface area (Å²) in [5.41, 5.74) is -4.29.